The summed E-state index contributed by atoms with van der Waals surface area (Å²) >= 11 is 4.49. The van der Waals surface area contributed by atoms with Crippen molar-refractivity contribution in [2.45, 2.75) is 65.8 Å². The molecule has 0 fully saturated rings. The van der Waals surface area contributed by atoms with Gasteiger partial charge >= 0.3 is 5.97 Å². The number of carboxylic acid groups (broad SMARTS) is 1. The molecule has 3 rings (SSSR count). The summed E-state index contributed by atoms with van der Waals surface area (Å²) < 4.78 is 22.9. The molecular formula is C29H36FN3O4S. The van der Waals surface area contributed by atoms with Crippen molar-refractivity contribution in [3.8, 4) is 17.1 Å². The normalized spacial score (nSPS) is 12.3. The van der Waals surface area contributed by atoms with Gasteiger partial charge in [0.05, 0.1) is 41.9 Å². The average molecular weight is 542 g/mol. The predicted octanol–water partition coefficient (Wildman–Crippen LogP) is 5.75. The number of amides is 1. The SMILES string of the molecule is CCOc1nc(CC)c(CNC(=O)[C@@H](S)CC(C)(C)C)n1Cc1ccc(-c2ccccc2C(=O)O)cc1F. The molecule has 0 unspecified atom stereocenters. The molecule has 0 saturated heterocycles. The van der Waals surface area contributed by atoms with E-state index in [4.69, 9.17) is 4.74 Å². The van der Waals surface area contributed by atoms with Gasteiger partial charge in [0, 0.05) is 5.56 Å². The molecule has 0 radical (unpaired) electrons. The van der Waals surface area contributed by atoms with Gasteiger partial charge in [-0.2, -0.15) is 17.6 Å². The standard InChI is InChI=1S/C29H36FN3O4S/c1-6-23-24(16-31-26(34)25(38)15-29(3,4)5)33(28(32-23)37-7-2)17-19-13-12-18(14-22(19)30)20-10-8-9-11-21(20)27(35)36/h8-14,25,38H,6-7,15-17H2,1-5H3,(H,31,34)(H,35,36)/t25-/m0/s1. The van der Waals surface area contributed by atoms with Gasteiger partial charge < -0.3 is 15.2 Å². The van der Waals surface area contributed by atoms with Crippen LogP contribution in [0.4, 0.5) is 4.39 Å². The van der Waals surface area contributed by atoms with E-state index in [1.165, 1.54) is 12.1 Å². The van der Waals surface area contributed by atoms with Crippen molar-refractivity contribution in [1.82, 2.24) is 14.9 Å². The molecule has 7 nitrogen and oxygen atoms in total. The van der Waals surface area contributed by atoms with Crippen molar-refractivity contribution < 1.29 is 23.8 Å². The largest absolute Gasteiger partial charge is 0.478 e. The molecule has 9 heteroatoms. The van der Waals surface area contributed by atoms with Crippen LogP contribution in [0.15, 0.2) is 42.5 Å². The molecule has 0 aliphatic carbocycles. The highest BCUT2D eigenvalue weighted by atomic mass is 32.1. The summed E-state index contributed by atoms with van der Waals surface area (Å²) in [5.41, 5.74) is 2.85. The zero-order valence-corrected chi connectivity index (χ0v) is 23.4. The highest BCUT2D eigenvalue weighted by Gasteiger charge is 2.24. The Morgan fingerprint density at radius 2 is 1.89 bits per heavy atom. The van der Waals surface area contributed by atoms with Gasteiger partial charge in [-0.25, -0.2) is 9.18 Å². The number of carboxylic acids is 1. The van der Waals surface area contributed by atoms with E-state index in [-0.39, 0.29) is 30.0 Å². The van der Waals surface area contributed by atoms with Crippen LogP contribution in [0.2, 0.25) is 0 Å². The van der Waals surface area contributed by atoms with Gasteiger partial charge in [0.25, 0.3) is 6.01 Å². The Labute approximate surface area is 228 Å². The number of nitrogens with zero attached hydrogens (tertiary/aromatic N) is 2. The Hall–Kier alpha value is -3.33. The van der Waals surface area contributed by atoms with Gasteiger partial charge in [-0.3, -0.25) is 9.36 Å². The lowest BCUT2D eigenvalue weighted by molar-refractivity contribution is -0.121. The van der Waals surface area contributed by atoms with Crippen molar-refractivity contribution in [2.75, 3.05) is 6.61 Å². The first-order valence-corrected chi connectivity index (χ1v) is 13.2. The number of thiol groups is 1. The molecule has 1 amide bonds. The van der Waals surface area contributed by atoms with Crippen LogP contribution < -0.4 is 10.1 Å². The van der Waals surface area contributed by atoms with Crippen molar-refractivity contribution in [2.24, 2.45) is 5.41 Å². The van der Waals surface area contributed by atoms with Crippen molar-refractivity contribution in [1.29, 1.82) is 0 Å². The van der Waals surface area contributed by atoms with Gasteiger partial charge in [0.1, 0.15) is 5.82 Å². The summed E-state index contributed by atoms with van der Waals surface area (Å²) in [5, 5.41) is 12.0. The number of rotatable bonds is 11. The number of nitrogens with one attached hydrogen (secondary N) is 1. The van der Waals surface area contributed by atoms with Crippen LogP contribution >= 0.6 is 12.6 Å². The van der Waals surface area contributed by atoms with Gasteiger partial charge in [0.2, 0.25) is 5.91 Å². The molecule has 1 atom stereocenters. The minimum absolute atomic E-state index is 0.0447. The number of aromatic carboxylic acids is 1. The summed E-state index contributed by atoms with van der Waals surface area (Å²) in [7, 11) is 0. The number of aryl methyl sites for hydroxylation is 1. The first kappa shape index (κ1) is 29.2. The smallest absolute Gasteiger partial charge is 0.336 e. The molecule has 0 spiro atoms. The maximum absolute atomic E-state index is 15.4. The first-order chi connectivity index (χ1) is 17.9. The Bertz CT molecular complexity index is 1300. The van der Waals surface area contributed by atoms with E-state index < -0.39 is 17.0 Å². The summed E-state index contributed by atoms with van der Waals surface area (Å²) in [6.07, 6.45) is 1.23. The van der Waals surface area contributed by atoms with E-state index in [0.717, 1.165) is 11.4 Å². The lowest BCUT2D eigenvalue weighted by Gasteiger charge is -2.22. The number of hydrogen-bond acceptors (Lipinski definition) is 5. The molecule has 38 heavy (non-hydrogen) atoms. The van der Waals surface area contributed by atoms with Crippen molar-refractivity contribution in [3.63, 3.8) is 0 Å². The second kappa shape index (κ2) is 12.5. The molecular weight excluding hydrogens is 505 g/mol. The van der Waals surface area contributed by atoms with Crippen LogP contribution in [-0.2, 0) is 24.3 Å². The number of aromatic nitrogens is 2. The third kappa shape index (κ3) is 7.16. The minimum atomic E-state index is -1.07. The second-order valence-electron chi connectivity index (χ2n) is 10.3. The zero-order valence-electron chi connectivity index (χ0n) is 22.5. The van der Waals surface area contributed by atoms with Crippen molar-refractivity contribution >= 4 is 24.5 Å². The number of ether oxygens (including phenoxy) is 1. The summed E-state index contributed by atoms with van der Waals surface area (Å²) in [6, 6.07) is 11.5. The molecule has 0 aliphatic heterocycles. The van der Waals surface area contributed by atoms with Gasteiger partial charge in [-0.05, 0) is 48.4 Å². The topological polar surface area (TPSA) is 93.5 Å². The molecule has 1 heterocycles. The molecule has 0 bridgehead atoms. The molecule has 204 valence electrons. The second-order valence-corrected chi connectivity index (χ2v) is 10.9. The summed E-state index contributed by atoms with van der Waals surface area (Å²) in [5.74, 6) is -1.73. The number of halogens is 1. The minimum Gasteiger partial charge on any atom is -0.478 e. The Morgan fingerprint density at radius 3 is 2.50 bits per heavy atom. The highest BCUT2D eigenvalue weighted by Crippen LogP contribution is 2.28. The number of hydrogen-bond donors (Lipinski definition) is 3. The monoisotopic (exact) mass is 541 g/mol. The van der Waals surface area contributed by atoms with Crippen LogP contribution in [0, 0.1) is 11.2 Å². The average Bonchev–Trinajstić information content (AvgIpc) is 3.18. The molecule has 2 aromatic carbocycles. The van der Waals surface area contributed by atoms with E-state index in [2.05, 4.69) is 43.7 Å². The van der Waals surface area contributed by atoms with E-state index in [0.29, 0.717) is 42.1 Å². The Balaban J connectivity index is 1.91. The Morgan fingerprint density at radius 1 is 1.18 bits per heavy atom. The lowest BCUT2D eigenvalue weighted by Crippen LogP contribution is -2.34. The molecule has 0 aliphatic rings. The van der Waals surface area contributed by atoms with Gasteiger partial charge in [-0.15, -0.1) is 0 Å². The van der Waals surface area contributed by atoms with E-state index in [1.807, 2.05) is 13.8 Å². The number of imidazole rings is 1. The quantitative estimate of drug-likeness (QED) is 0.269. The predicted molar refractivity (Wildman–Crippen MR) is 149 cm³/mol. The summed E-state index contributed by atoms with van der Waals surface area (Å²) in [6.45, 7) is 10.7. The highest BCUT2D eigenvalue weighted by molar-refractivity contribution is 7.81. The summed E-state index contributed by atoms with van der Waals surface area (Å²) in [4.78, 5) is 29.0. The van der Waals surface area contributed by atoms with Crippen LogP contribution in [0.3, 0.4) is 0 Å². The molecule has 3 aromatic rings. The van der Waals surface area contributed by atoms with E-state index >= 15 is 4.39 Å². The number of carbonyl (C=O) groups is 2. The number of benzene rings is 2. The molecule has 0 saturated carbocycles. The maximum atomic E-state index is 15.4. The van der Waals surface area contributed by atoms with Crippen LogP contribution in [0.1, 0.15) is 68.3 Å². The van der Waals surface area contributed by atoms with Gasteiger partial charge in [0.15, 0.2) is 0 Å². The fraction of sp³-hybridized carbons (Fsp3) is 0.414. The van der Waals surface area contributed by atoms with Crippen molar-refractivity contribution in [3.05, 3.63) is 70.8 Å². The van der Waals surface area contributed by atoms with Crippen LogP contribution in [-0.4, -0.2) is 38.4 Å². The van der Waals surface area contributed by atoms with E-state index in [1.54, 1.807) is 34.9 Å². The van der Waals surface area contributed by atoms with Crippen LogP contribution in [0.5, 0.6) is 6.01 Å². The lowest BCUT2D eigenvalue weighted by atomic mass is 9.90. The third-order valence-electron chi connectivity index (χ3n) is 6.12. The maximum Gasteiger partial charge on any atom is 0.336 e. The molecule has 2 N–H and O–H groups in total. The fourth-order valence-electron chi connectivity index (χ4n) is 4.29. The first-order valence-electron chi connectivity index (χ1n) is 12.7. The molecule has 1 aromatic heterocycles. The fourth-order valence-corrected chi connectivity index (χ4v) is 4.93. The Kier molecular flexibility index (Phi) is 9.60. The van der Waals surface area contributed by atoms with Crippen LogP contribution in [0.25, 0.3) is 11.1 Å². The third-order valence-corrected chi connectivity index (χ3v) is 6.53. The number of carbonyl (C=O) groups excluding carboxylic acids is 1. The van der Waals surface area contributed by atoms with E-state index in [9.17, 15) is 14.7 Å². The van der Waals surface area contributed by atoms with Gasteiger partial charge in [-0.1, -0.05) is 58.0 Å². The zero-order chi connectivity index (χ0) is 28.0.